The van der Waals surface area contributed by atoms with Crippen LogP contribution in [0.4, 0.5) is 0 Å². The molecule has 2 aromatic carbocycles. The van der Waals surface area contributed by atoms with Crippen molar-refractivity contribution in [3.05, 3.63) is 64.2 Å². The third kappa shape index (κ3) is 4.22. The van der Waals surface area contributed by atoms with E-state index in [0.29, 0.717) is 5.56 Å². The smallest absolute Gasteiger partial charge is 0.338 e. The molecule has 0 fully saturated rings. The first-order valence-corrected chi connectivity index (χ1v) is 10.6. The van der Waals surface area contributed by atoms with Gasteiger partial charge in [0.1, 0.15) is 0 Å². The lowest BCUT2D eigenvalue weighted by atomic mass is 9.89. The molecule has 0 heterocycles. The second-order valence-corrected chi connectivity index (χ2v) is 8.76. The molecule has 0 unspecified atom stereocenters. The quantitative estimate of drug-likeness (QED) is 0.794. The summed E-state index contributed by atoms with van der Waals surface area (Å²) >= 11 is 0. The Morgan fingerprint density at radius 1 is 1.07 bits per heavy atom. The molecule has 1 N–H and O–H groups in total. The highest BCUT2D eigenvalue weighted by Crippen LogP contribution is 2.26. The van der Waals surface area contributed by atoms with Crippen LogP contribution in [0.25, 0.3) is 0 Å². The van der Waals surface area contributed by atoms with Crippen LogP contribution >= 0.6 is 0 Å². The molecular formula is C21H25NO4S. The number of hydrogen-bond donors (Lipinski definition) is 1. The Hall–Kier alpha value is -2.18. The van der Waals surface area contributed by atoms with Gasteiger partial charge in [-0.3, -0.25) is 0 Å². The van der Waals surface area contributed by atoms with Crippen LogP contribution in [0.15, 0.2) is 41.3 Å². The second-order valence-electron chi connectivity index (χ2n) is 7.05. The van der Waals surface area contributed by atoms with Crippen molar-refractivity contribution in [2.24, 2.45) is 0 Å². The fraction of sp³-hybridized carbons (Fsp3) is 0.381. The maximum Gasteiger partial charge on any atom is 0.338 e. The topological polar surface area (TPSA) is 72.5 Å². The van der Waals surface area contributed by atoms with Gasteiger partial charge in [0.15, 0.2) is 0 Å². The van der Waals surface area contributed by atoms with Gasteiger partial charge in [0.2, 0.25) is 10.0 Å². The monoisotopic (exact) mass is 387 g/mol. The molecule has 0 saturated heterocycles. The van der Waals surface area contributed by atoms with E-state index in [-0.39, 0.29) is 16.5 Å². The summed E-state index contributed by atoms with van der Waals surface area (Å²) in [5.41, 5.74) is 4.54. The minimum absolute atomic E-state index is 0.0540. The molecular weight excluding hydrogens is 362 g/mol. The molecule has 0 aliphatic heterocycles. The van der Waals surface area contributed by atoms with Crippen molar-refractivity contribution in [3.63, 3.8) is 0 Å². The Kier molecular flexibility index (Phi) is 5.67. The molecule has 0 radical (unpaired) electrons. The molecule has 0 bridgehead atoms. The normalized spacial score (nSPS) is 15.1. The third-order valence-electron chi connectivity index (χ3n) is 5.13. The molecule has 27 heavy (non-hydrogen) atoms. The van der Waals surface area contributed by atoms with Crippen molar-refractivity contribution in [2.75, 3.05) is 7.11 Å². The molecule has 0 aromatic heterocycles. The largest absolute Gasteiger partial charge is 0.465 e. The lowest BCUT2D eigenvalue weighted by Crippen LogP contribution is -2.27. The van der Waals surface area contributed by atoms with Gasteiger partial charge in [-0.1, -0.05) is 24.3 Å². The van der Waals surface area contributed by atoms with E-state index in [9.17, 15) is 13.2 Å². The third-order valence-corrected chi connectivity index (χ3v) is 6.67. The van der Waals surface area contributed by atoms with Crippen molar-refractivity contribution < 1.29 is 17.9 Å². The summed E-state index contributed by atoms with van der Waals surface area (Å²) in [7, 11) is -2.49. The zero-order valence-electron chi connectivity index (χ0n) is 15.9. The Morgan fingerprint density at radius 2 is 1.78 bits per heavy atom. The number of fused-ring (bicyclic) bond motifs is 1. The minimum atomic E-state index is -3.77. The van der Waals surface area contributed by atoms with Crippen LogP contribution in [0.3, 0.4) is 0 Å². The van der Waals surface area contributed by atoms with Crippen LogP contribution in [0.2, 0.25) is 0 Å². The molecule has 0 amide bonds. The number of sulfonamides is 1. The Labute approximate surface area is 160 Å². The van der Waals surface area contributed by atoms with Crippen LogP contribution in [0.5, 0.6) is 0 Å². The van der Waals surface area contributed by atoms with E-state index in [2.05, 4.69) is 16.9 Å². The van der Waals surface area contributed by atoms with E-state index in [4.69, 9.17) is 4.74 Å². The maximum atomic E-state index is 12.8. The van der Waals surface area contributed by atoms with Crippen molar-refractivity contribution >= 4 is 16.0 Å². The number of aryl methyl sites for hydroxylation is 3. The Morgan fingerprint density at radius 3 is 2.48 bits per heavy atom. The number of ether oxygens (including phenoxy) is 1. The van der Waals surface area contributed by atoms with E-state index < -0.39 is 16.0 Å². The van der Waals surface area contributed by atoms with Gasteiger partial charge in [0.05, 0.1) is 17.6 Å². The van der Waals surface area contributed by atoms with Gasteiger partial charge in [0.25, 0.3) is 0 Å². The predicted molar refractivity (Wildman–Crippen MR) is 104 cm³/mol. The van der Waals surface area contributed by atoms with E-state index in [1.54, 1.807) is 13.0 Å². The van der Waals surface area contributed by atoms with E-state index in [1.165, 1.54) is 43.2 Å². The zero-order chi connectivity index (χ0) is 19.6. The lowest BCUT2D eigenvalue weighted by Gasteiger charge is -2.20. The van der Waals surface area contributed by atoms with E-state index in [1.807, 2.05) is 13.0 Å². The molecule has 5 nitrogen and oxygen atoms in total. The predicted octanol–water partition coefficient (Wildman–Crippen LogP) is 3.70. The van der Waals surface area contributed by atoms with Gasteiger partial charge in [-0.15, -0.1) is 0 Å². The molecule has 2 aromatic rings. The summed E-state index contributed by atoms with van der Waals surface area (Å²) in [5, 5.41) is 0. The molecule has 0 spiro atoms. The Bertz CT molecular complexity index is 966. The van der Waals surface area contributed by atoms with Crippen LogP contribution in [-0.2, 0) is 27.6 Å². The van der Waals surface area contributed by atoms with E-state index in [0.717, 1.165) is 18.4 Å². The van der Waals surface area contributed by atoms with Gasteiger partial charge in [-0.2, -0.15) is 0 Å². The lowest BCUT2D eigenvalue weighted by molar-refractivity contribution is 0.0599. The average Bonchev–Trinajstić information content (AvgIpc) is 2.66. The minimum Gasteiger partial charge on any atom is -0.465 e. The highest BCUT2D eigenvalue weighted by Gasteiger charge is 2.22. The van der Waals surface area contributed by atoms with Crippen LogP contribution in [0.1, 0.15) is 58.4 Å². The molecule has 144 valence electrons. The van der Waals surface area contributed by atoms with Crippen LogP contribution < -0.4 is 4.72 Å². The number of carbonyl (C=O) groups is 1. The number of carbonyl (C=O) groups excluding carboxylic acids is 1. The first-order valence-electron chi connectivity index (χ1n) is 9.15. The van der Waals surface area contributed by atoms with Crippen molar-refractivity contribution in [3.8, 4) is 0 Å². The summed E-state index contributed by atoms with van der Waals surface area (Å²) in [6.45, 7) is 3.57. The highest BCUT2D eigenvalue weighted by atomic mass is 32.2. The van der Waals surface area contributed by atoms with Gasteiger partial charge in [-0.05, 0) is 73.9 Å². The van der Waals surface area contributed by atoms with Crippen LogP contribution in [0, 0.1) is 6.92 Å². The summed E-state index contributed by atoms with van der Waals surface area (Å²) in [5.74, 6) is -0.549. The number of rotatable bonds is 5. The Balaban J connectivity index is 1.85. The molecule has 1 atom stereocenters. The van der Waals surface area contributed by atoms with Crippen molar-refractivity contribution in [2.45, 2.75) is 50.5 Å². The number of esters is 1. The zero-order valence-corrected chi connectivity index (χ0v) is 16.7. The molecule has 3 rings (SSSR count). The number of hydrogen-bond acceptors (Lipinski definition) is 4. The summed E-state index contributed by atoms with van der Waals surface area (Å²) in [6, 6.07) is 10.3. The first kappa shape index (κ1) is 19.6. The SMILES string of the molecule is COC(=O)c1cc(S(=O)(=O)N[C@@H](C)c2ccc3c(c2)CCCC3)ccc1C. The van der Waals surface area contributed by atoms with E-state index >= 15 is 0 Å². The van der Waals surface area contributed by atoms with Crippen molar-refractivity contribution in [1.29, 1.82) is 0 Å². The molecule has 6 heteroatoms. The van der Waals surface area contributed by atoms with Gasteiger partial charge in [0, 0.05) is 6.04 Å². The summed E-state index contributed by atoms with van der Waals surface area (Å²) < 4.78 is 33.1. The van der Waals surface area contributed by atoms with Crippen molar-refractivity contribution in [1.82, 2.24) is 4.72 Å². The first-order chi connectivity index (χ1) is 12.8. The second kappa shape index (κ2) is 7.82. The van der Waals surface area contributed by atoms with Gasteiger partial charge >= 0.3 is 5.97 Å². The maximum absolute atomic E-state index is 12.8. The molecule has 1 aliphatic rings. The number of nitrogens with one attached hydrogen (secondary N) is 1. The summed E-state index contributed by atoms with van der Waals surface area (Å²) in [4.78, 5) is 11.9. The fourth-order valence-corrected chi connectivity index (χ4v) is 4.75. The number of benzene rings is 2. The van der Waals surface area contributed by atoms with Gasteiger partial charge < -0.3 is 4.74 Å². The molecule has 1 aliphatic carbocycles. The molecule has 0 saturated carbocycles. The van der Waals surface area contributed by atoms with Crippen LogP contribution in [-0.4, -0.2) is 21.5 Å². The highest BCUT2D eigenvalue weighted by molar-refractivity contribution is 7.89. The fourth-order valence-electron chi connectivity index (χ4n) is 3.49. The summed E-state index contributed by atoms with van der Waals surface area (Å²) in [6.07, 6.45) is 4.53. The van der Waals surface area contributed by atoms with Gasteiger partial charge in [-0.25, -0.2) is 17.9 Å². The standard InChI is InChI=1S/C21H25NO4S/c1-14-8-11-19(13-20(14)21(23)26-3)27(24,25)22-15(2)17-10-9-16-6-4-5-7-18(16)12-17/h8-13,15,22H,4-7H2,1-3H3/t15-/m0/s1. The average molecular weight is 388 g/mol. The number of methoxy groups -OCH3 is 1.